The van der Waals surface area contributed by atoms with Crippen molar-refractivity contribution in [3.63, 3.8) is 0 Å². The van der Waals surface area contributed by atoms with Crippen LogP contribution >= 0.6 is 0 Å². The lowest BCUT2D eigenvalue weighted by molar-refractivity contribution is -0.274. The van der Waals surface area contributed by atoms with E-state index in [0.717, 1.165) is 37.8 Å². The number of nitrogens with one attached hydrogen (secondary N) is 1. The van der Waals surface area contributed by atoms with Crippen molar-refractivity contribution in [2.75, 3.05) is 19.7 Å². The highest BCUT2D eigenvalue weighted by Crippen LogP contribution is 2.39. The number of halogens is 4. The molecule has 0 aromatic heterocycles. The molecule has 2 heterocycles. The van der Waals surface area contributed by atoms with Gasteiger partial charge in [0.05, 0.1) is 11.6 Å². The predicted octanol–water partition coefficient (Wildman–Crippen LogP) is 3.57. The van der Waals surface area contributed by atoms with E-state index in [2.05, 4.69) is 10.1 Å². The molecule has 1 saturated carbocycles. The van der Waals surface area contributed by atoms with Gasteiger partial charge in [-0.3, -0.25) is 4.79 Å². The first-order valence-electron chi connectivity index (χ1n) is 11.1. The van der Waals surface area contributed by atoms with E-state index in [0.29, 0.717) is 32.2 Å². The Morgan fingerprint density at radius 3 is 2.64 bits per heavy atom. The number of carbonyl (C=O) groups excluding carboxylic acids is 2. The van der Waals surface area contributed by atoms with Gasteiger partial charge in [-0.2, -0.15) is 0 Å². The zero-order valence-corrected chi connectivity index (χ0v) is 18.3. The molecule has 1 aliphatic carbocycles. The molecule has 2 atom stereocenters. The van der Waals surface area contributed by atoms with E-state index in [4.69, 9.17) is 4.74 Å². The van der Waals surface area contributed by atoms with Crippen molar-refractivity contribution in [3.8, 4) is 5.75 Å². The first-order chi connectivity index (χ1) is 15.6. The maximum absolute atomic E-state index is 14.3. The summed E-state index contributed by atoms with van der Waals surface area (Å²) in [6.45, 7) is 2.85. The fourth-order valence-corrected chi connectivity index (χ4v) is 4.81. The zero-order valence-electron chi connectivity index (χ0n) is 18.3. The van der Waals surface area contributed by atoms with Gasteiger partial charge in [0.15, 0.2) is 0 Å². The number of benzene rings is 1. The third kappa shape index (κ3) is 5.69. The Morgan fingerprint density at radius 1 is 1.30 bits per heavy atom. The summed E-state index contributed by atoms with van der Waals surface area (Å²) < 4.78 is 61.0. The molecule has 3 fully saturated rings. The molecule has 3 amide bonds. The van der Waals surface area contributed by atoms with Crippen LogP contribution in [0, 0.1) is 5.82 Å². The molecule has 11 heteroatoms. The van der Waals surface area contributed by atoms with Crippen molar-refractivity contribution in [3.05, 3.63) is 29.6 Å². The molecule has 0 bridgehead atoms. The molecule has 2 aliphatic heterocycles. The van der Waals surface area contributed by atoms with Gasteiger partial charge in [0.2, 0.25) is 5.91 Å². The molecule has 2 saturated heterocycles. The van der Waals surface area contributed by atoms with Crippen LogP contribution in [-0.2, 0) is 16.1 Å². The number of rotatable bonds is 5. The maximum atomic E-state index is 14.3. The van der Waals surface area contributed by atoms with Gasteiger partial charge in [-0.1, -0.05) is 6.07 Å². The number of nitrogens with zero attached hydrogens (tertiary/aromatic N) is 2. The monoisotopic (exact) mass is 473 g/mol. The van der Waals surface area contributed by atoms with E-state index < -0.39 is 29.6 Å². The van der Waals surface area contributed by atoms with Gasteiger partial charge >= 0.3 is 12.4 Å². The number of likely N-dealkylation sites (tertiary alicyclic amines) is 1. The van der Waals surface area contributed by atoms with Crippen molar-refractivity contribution >= 4 is 11.9 Å². The predicted molar refractivity (Wildman–Crippen MR) is 109 cm³/mol. The van der Waals surface area contributed by atoms with Gasteiger partial charge in [0, 0.05) is 57.3 Å². The number of carbonyl (C=O) groups is 2. The fraction of sp³-hybridized carbons (Fsp3) is 0.636. The van der Waals surface area contributed by atoms with Gasteiger partial charge < -0.3 is 24.6 Å². The summed E-state index contributed by atoms with van der Waals surface area (Å²) in [6.07, 6.45) is -0.878. The SMILES string of the molecule is CC(=O)N1CC(N(C(=O)NCc2ccc(OC(F)(F)F)cc2F)C2CC2)CC2(CCCO2)C1. The molecule has 4 rings (SSSR count). The summed E-state index contributed by atoms with van der Waals surface area (Å²) in [7, 11) is 0. The molecule has 3 aliphatic rings. The average Bonchev–Trinajstić information content (AvgIpc) is 3.45. The second-order valence-electron chi connectivity index (χ2n) is 8.99. The first kappa shape index (κ1) is 23.6. The summed E-state index contributed by atoms with van der Waals surface area (Å²) in [4.78, 5) is 28.7. The van der Waals surface area contributed by atoms with E-state index in [-0.39, 0.29) is 30.1 Å². The van der Waals surface area contributed by atoms with Gasteiger partial charge in [0.1, 0.15) is 11.6 Å². The Labute approximate surface area is 189 Å². The van der Waals surface area contributed by atoms with Gasteiger partial charge in [-0.25, -0.2) is 9.18 Å². The molecular weight excluding hydrogens is 446 g/mol. The van der Waals surface area contributed by atoms with Crippen molar-refractivity contribution in [2.45, 2.75) is 69.6 Å². The second kappa shape index (κ2) is 9.00. The van der Waals surface area contributed by atoms with Crippen LogP contribution in [0.2, 0.25) is 0 Å². The summed E-state index contributed by atoms with van der Waals surface area (Å²) in [6, 6.07) is 2.20. The molecule has 1 spiro atoms. The van der Waals surface area contributed by atoms with E-state index in [1.54, 1.807) is 9.80 Å². The molecule has 33 heavy (non-hydrogen) atoms. The molecular formula is C22H27F4N3O4. The minimum atomic E-state index is -4.92. The number of amides is 3. The van der Waals surface area contributed by atoms with Gasteiger partial charge in [0.25, 0.3) is 0 Å². The van der Waals surface area contributed by atoms with E-state index in [9.17, 15) is 27.2 Å². The quantitative estimate of drug-likeness (QED) is 0.664. The van der Waals surface area contributed by atoms with Crippen LogP contribution in [0.15, 0.2) is 18.2 Å². The number of ether oxygens (including phenoxy) is 2. The highest BCUT2D eigenvalue weighted by Gasteiger charge is 2.48. The molecule has 182 valence electrons. The molecule has 7 nitrogen and oxygen atoms in total. The van der Waals surface area contributed by atoms with Crippen LogP contribution in [0.4, 0.5) is 22.4 Å². The second-order valence-corrected chi connectivity index (χ2v) is 8.99. The maximum Gasteiger partial charge on any atom is 0.573 e. The van der Waals surface area contributed by atoms with Crippen LogP contribution in [-0.4, -0.2) is 65.5 Å². The lowest BCUT2D eigenvalue weighted by Crippen LogP contribution is -2.61. The van der Waals surface area contributed by atoms with Crippen molar-refractivity contribution in [1.29, 1.82) is 0 Å². The lowest BCUT2D eigenvalue weighted by atomic mass is 9.86. The van der Waals surface area contributed by atoms with E-state index >= 15 is 0 Å². The fourth-order valence-electron chi connectivity index (χ4n) is 4.81. The van der Waals surface area contributed by atoms with Crippen LogP contribution in [0.5, 0.6) is 5.75 Å². The van der Waals surface area contributed by atoms with E-state index in [1.807, 2.05) is 0 Å². The van der Waals surface area contributed by atoms with Crippen LogP contribution in [0.25, 0.3) is 0 Å². The molecule has 2 unspecified atom stereocenters. The van der Waals surface area contributed by atoms with Crippen LogP contribution < -0.4 is 10.1 Å². The third-order valence-electron chi connectivity index (χ3n) is 6.40. The molecule has 1 aromatic carbocycles. The van der Waals surface area contributed by atoms with E-state index in [1.165, 1.54) is 6.92 Å². The average molecular weight is 473 g/mol. The Kier molecular flexibility index (Phi) is 6.43. The number of hydrogen-bond acceptors (Lipinski definition) is 4. The van der Waals surface area contributed by atoms with Crippen molar-refractivity contribution < 1.29 is 36.6 Å². The van der Waals surface area contributed by atoms with Crippen molar-refractivity contribution in [2.24, 2.45) is 0 Å². The van der Waals surface area contributed by atoms with Crippen molar-refractivity contribution in [1.82, 2.24) is 15.1 Å². The van der Waals surface area contributed by atoms with Gasteiger partial charge in [-0.15, -0.1) is 13.2 Å². The number of hydrogen-bond donors (Lipinski definition) is 1. The Hall–Kier alpha value is -2.56. The Morgan fingerprint density at radius 2 is 2.06 bits per heavy atom. The number of piperidine rings is 1. The minimum Gasteiger partial charge on any atom is -0.406 e. The summed E-state index contributed by atoms with van der Waals surface area (Å²) in [5.41, 5.74) is -0.416. The molecule has 1 aromatic rings. The Bertz CT molecular complexity index is 900. The van der Waals surface area contributed by atoms with Gasteiger partial charge in [-0.05, 0) is 31.7 Å². The minimum absolute atomic E-state index is 0.0350. The van der Waals surface area contributed by atoms with Crippen LogP contribution in [0.1, 0.15) is 44.6 Å². The number of urea groups is 1. The third-order valence-corrected chi connectivity index (χ3v) is 6.40. The normalized spacial score (nSPS) is 25.2. The topological polar surface area (TPSA) is 71.1 Å². The smallest absolute Gasteiger partial charge is 0.406 e. The standard InChI is InChI=1S/C22H27F4N3O4/c1-14(30)28-12-17(10-21(13-28)7-2-8-32-21)29(16-4-5-16)20(31)27-11-15-3-6-18(9-19(15)23)33-22(24,25)26/h3,6,9,16-17H,2,4-5,7-8,10-13H2,1H3,(H,27,31). The highest BCUT2D eigenvalue weighted by molar-refractivity contribution is 5.76. The molecule has 0 radical (unpaired) electrons. The highest BCUT2D eigenvalue weighted by atomic mass is 19.4. The summed E-state index contributed by atoms with van der Waals surface area (Å²) in [5, 5.41) is 2.69. The first-order valence-corrected chi connectivity index (χ1v) is 11.1. The van der Waals surface area contributed by atoms with Crippen LogP contribution in [0.3, 0.4) is 0 Å². The number of alkyl halides is 3. The summed E-state index contributed by atoms with van der Waals surface area (Å²) >= 11 is 0. The zero-order chi connectivity index (χ0) is 23.8. The Balaban J connectivity index is 1.44. The largest absolute Gasteiger partial charge is 0.573 e. The summed E-state index contributed by atoms with van der Waals surface area (Å²) in [5.74, 6) is -1.65. The molecule has 1 N–H and O–H groups in total. The lowest BCUT2D eigenvalue weighted by Gasteiger charge is -2.47.